The zero-order valence-electron chi connectivity index (χ0n) is 12.8. The van der Waals surface area contributed by atoms with Crippen molar-refractivity contribution >= 4 is 11.6 Å². The Kier molecular flexibility index (Phi) is 4.76. The number of nitrogens with zero attached hydrogens (tertiary/aromatic N) is 4. The number of halogens is 1. The van der Waals surface area contributed by atoms with Crippen molar-refractivity contribution in [2.75, 3.05) is 13.1 Å². The van der Waals surface area contributed by atoms with Gasteiger partial charge in [0, 0.05) is 24.2 Å². The summed E-state index contributed by atoms with van der Waals surface area (Å²) in [6.07, 6.45) is 5.68. The third-order valence-electron chi connectivity index (χ3n) is 4.39. The normalized spacial score (nSPS) is 21.0. The second-order valence-corrected chi connectivity index (χ2v) is 6.55. The molecule has 1 aromatic heterocycles. The molecule has 0 radical (unpaired) electrons. The summed E-state index contributed by atoms with van der Waals surface area (Å²) in [6, 6.07) is 6.21. The SMILES string of the molecule is CC(N)C1CCCN(Cc2ccc(Cl)cc2-n2cncn2)C1. The fourth-order valence-corrected chi connectivity index (χ4v) is 3.29. The zero-order chi connectivity index (χ0) is 15.5. The van der Waals surface area contributed by atoms with Crippen LogP contribution in [0.3, 0.4) is 0 Å². The summed E-state index contributed by atoms with van der Waals surface area (Å²) in [5, 5.41) is 4.94. The van der Waals surface area contributed by atoms with Crippen LogP contribution in [0.5, 0.6) is 0 Å². The van der Waals surface area contributed by atoms with E-state index in [0.29, 0.717) is 10.9 Å². The molecule has 0 aliphatic carbocycles. The van der Waals surface area contributed by atoms with Crippen LogP contribution in [0.4, 0.5) is 0 Å². The molecule has 1 aliphatic rings. The lowest BCUT2D eigenvalue weighted by atomic mass is 9.92. The summed E-state index contributed by atoms with van der Waals surface area (Å²) in [4.78, 5) is 6.50. The molecule has 3 rings (SSSR count). The largest absolute Gasteiger partial charge is 0.328 e. The Labute approximate surface area is 136 Å². The fourth-order valence-electron chi connectivity index (χ4n) is 3.12. The predicted octanol–water partition coefficient (Wildman–Crippen LogP) is 2.48. The number of aromatic nitrogens is 3. The Morgan fingerprint density at radius 2 is 2.32 bits per heavy atom. The molecule has 22 heavy (non-hydrogen) atoms. The quantitative estimate of drug-likeness (QED) is 0.940. The third kappa shape index (κ3) is 3.48. The molecule has 118 valence electrons. The number of hydrogen-bond donors (Lipinski definition) is 1. The maximum atomic E-state index is 6.15. The number of rotatable bonds is 4. The van der Waals surface area contributed by atoms with Crippen LogP contribution < -0.4 is 5.73 Å². The third-order valence-corrected chi connectivity index (χ3v) is 4.63. The summed E-state index contributed by atoms with van der Waals surface area (Å²) in [7, 11) is 0. The van der Waals surface area contributed by atoms with Crippen LogP contribution >= 0.6 is 11.6 Å². The van der Waals surface area contributed by atoms with Crippen molar-refractivity contribution < 1.29 is 0 Å². The molecule has 0 bridgehead atoms. The first kappa shape index (κ1) is 15.5. The van der Waals surface area contributed by atoms with Gasteiger partial charge in [0.1, 0.15) is 12.7 Å². The van der Waals surface area contributed by atoms with Gasteiger partial charge in [0.05, 0.1) is 5.69 Å². The molecular weight excluding hydrogens is 298 g/mol. The van der Waals surface area contributed by atoms with E-state index in [9.17, 15) is 0 Å². The van der Waals surface area contributed by atoms with E-state index < -0.39 is 0 Å². The van der Waals surface area contributed by atoms with Crippen LogP contribution in [-0.2, 0) is 6.54 Å². The molecule has 0 spiro atoms. The van der Waals surface area contributed by atoms with Crippen molar-refractivity contribution in [1.82, 2.24) is 19.7 Å². The Balaban J connectivity index is 1.80. The molecule has 1 aliphatic heterocycles. The van der Waals surface area contributed by atoms with E-state index in [1.807, 2.05) is 12.1 Å². The highest BCUT2D eigenvalue weighted by Gasteiger charge is 2.23. The molecule has 2 heterocycles. The minimum absolute atomic E-state index is 0.253. The molecule has 1 fully saturated rings. The second-order valence-electron chi connectivity index (χ2n) is 6.11. The Morgan fingerprint density at radius 1 is 1.45 bits per heavy atom. The van der Waals surface area contributed by atoms with Crippen molar-refractivity contribution in [2.45, 2.75) is 32.4 Å². The lowest BCUT2D eigenvalue weighted by Crippen LogP contribution is -2.42. The van der Waals surface area contributed by atoms with E-state index in [1.54, 1.807) is 11.0 Å². The van der Waals surface area contributed by atoms with E-state index in [4.69, 9.17) is 17.3 Å². The van der Waals surface area contributed by atoms with Gasteiger partial charge in [0.15, 0.2) is 0 Å². The summed E-state index contributed by atoms with van der Waals surface area (Å²) < 4.78 is 1.77. The van der Waals surface area contributed by atoms with Crippen LogP contribution in [0.25, 0.3) is 5.69 Å². The first-order chi connectivity index (χ1) is 10.6. The molecule has 2 aromatic rings. The lowest BCUT2D eigenvalue weighted by Gasteiger charge is -2.35. The monoisotopic (exact) mass is 319 g/mol. The van der Waals surface area contributed by atoms with E-state index >= 15 is 0 Å². The summed E-state index contributed by atoms with van der Waals surface area (Å²) >= 11 is 6.15. The van der Waals surface area contributed by atoms with E-state index in [-0.39, 0.29) is 6.04 Å². The van der Waals surface area contributed by atoms with Gasteiger partial charge in [0.2, 0.25) is 0 Å². The lowest BCUT2D eigenvalue weighted by molar-refractivity contribution is 0.154. The predicted molar refractivity (Wildman–Crippen MR) is 88.0 cm³/mol. The molecule has 2 unspecified atom stereocenters. The number of piperidine rings is 1. The highest BCUT2D eigenvalue weighted by molar-refractivity contribution is 6.30. The highest BCUT2D eigenvalue weighted by atomic mass is 35.5. The molecule has 1 aromatic carbocycles. The molecule has 5 nitrogen and oxygen atoms in total. The van der Waals surface area contributed by atoms with Crippen molar-refractivity contribution in [3.8, 4) is 5.69 Å². The van der Waals surface area contributed by atoms with Gasteiger partial charge < -0.3 is 5.73 Å². The molecule has 1 saturated heterocycles. The Bertz CT molecular complexity index is 611. The molecular formula is C16H22ClN5. The second kappa shape index (κ2) is 6.77. The first-order valence-corrected chi connectivity index (χ1v) is 8.12. The van der Waals surface area contributed by atoms with Gasteiger partial charge in [0.25, 0.3) is 0 Å². The molecule has 2 atom stereocenters. The van der Waals surface area contributed by atoms with Crippen molar-refractivity contribution in [1.29, 1.82) is 0 Å². The average molecular weight is 320 g/mol. The van der Waals surface area contributed by atoms with Crippen molar-refractivity contribution in [2.24, 2.45) is 11.7 Å². The summed E-state index contributed by atoms with van der Waals surface area (Å²) in [6.45, 7) is 5.16. The van der Waals surface area contributed by atoms with E-state index in [2.05, 4.69) is 28.0 Å². The van der Waals surface area contributed by atoms with Crippen molar-refractivity contribution in [3.05, 3.63) is 41.4 Å². The molecule has 6 heteroatoms. The molecule has 0 saturated carbocycles. The minimum atomic E-state index is 0.253. The Hall–Kier alpha value is -1.43. The zero-order valence-corrected chi connectivity index (χ0v) is 13.6. The van der Waals surface area contributed by atoms with E-state index in [0.717, 1.165) is 25.3 Å². The van der Waals surface area contributed by atoms with E-state index in [1.165, 1.54) is 24.7 Å². The van der Waals surface area contributed by atoms with Gasteiger partial charge in [-0.1, -0.05) is 17.7 Å². The van der Waals surface area contributed by atoms with Gasteiger partial charge >= 0.3 is 0 Å². The van der Waals surface area contributed by atoms with Crippen LogP contribution in [0.1, 0.15) is 25.3 Å². The smallest absolute Gasteiger partial charge is 0.138 e. The number of likely N-dealkylation sites (tertiary alicyclic amines) is 1. The Morgan fingerprint density at radius 3 is 3.05 bits per heavy atom. The highest BCUT2D eigenvalue weighted by Crippen LogP contribution is 2.24. The van der Waals surface area contributed by atoms with Crippen LogP contribution in [-0.4, -0.2) is 38.8 Å². The van der Waals surface area contributed by atoms with Crippen LogP contribution in [0.15, 0.2) is 30.9 Å². The number of nitrogens with two attached hydrogens (primary N) is 1. The minimum Gasteiger partial charge on any atom is -0.328 e. The van der Waals surface area contributed by atoms with Gasteiger partial charge in [-0.05, 0) is 49.9 Å². The fraction of sp³-hybridized carbons (Fsp3) is 0.500. The van der Waals surface area contributed by atoms with Gasteiger partial charge in [-0.15, -0.1) is 0 Å². The standard InChI is InChI=1S/C16H22ClN5/c1-12(18)13-3-2-6-21(8-13)9-14-4-5-15(17)7-16(14)22-11-19-10-20-22/h4-5,7,10-13H,2-3,6,8-9,18H2,1H3. The molecule has 0 amide bonds. The average Bonchev–Trinajstić information content (AvgIpc) is 3.03. The maximum Gasteiger partial charge on any atom is 0.138 e. The number of hydrogen-bond acceptors (Lipinski definition) is 4. The topological polar surface area (TPSA) is 60.0 Å². The van der Waals surface area contributed by atoms with Gasteiger partial charge in [-0.2, -0.15) is 5.10 Å². The van der Waals surface area contributed by atoms with Crippen LogP contribution in [0, 0.1) is 5.92 Å². The number of benzene rings is 1. The summed E-state index contributed by atoms with van der Waals surface area (Å²) in [5.74, 6) is 0.580. The summed E-state index contributed by atoms with van der Waals surface area (Å²) in [5.41, 5.74) is 8.29. The van der Waals surface area contributed by atoms with Crippen molar-refractivity contribution in [3.63, 3.8) is 0 Å². The first-order valence-electron chi connectivity index (χ1n) is 7.75. The van der Waals surface area contributed by atoms with Crippen LogP contribution in [0.2, 0.25) is 5.02 Å². The van der Waals surface area contributed by atoms with Gasteiger partial charge in [-0.3, -0.25) is 4.90 Å². The maximum absolute atomic E-state index is 6.15. The molecule has 2 N–H and O–H groups in total. The van der Waals surface area contributed by atoms with Gasteiger partial charge in [-0.25, -0.2) is 9.67 Å².